The summed E-state index contributed by atoms with van der Waals surface area (Å²) in [5.74, 6) is 0. The van der Waals surface area contributed by atoms with Crippen molar-refractivity contribution in [2.75, 3.05) is 0 Å². The van der Waals surface area contributed by atoms with Gasteiger partial charge in [0.1, 0.15) is 0 Å². The van der Waals surface area contributed by atoms with Gasteiger partial charge in [-0.1, -0.05) is 106 Å². The first-order valence-corrected chi connectivity index (χ1v) is 17.4. The van der Waals surface area contributed by atoms with Crippen molar-refractivity contribution in [2.45, 2.75) is 45.8 Å². The molecule has 0 fully saturated rings. The van der Waals surface area contributed by atoms with Crippen LogP contribution in [0, 0.1) is 0 Å². The van der Waals surface area contributed by atoms with Crippen molar-refractivity contribution in [3.05, 3.63) is 96.7 Å². The van der Waals surface area contributed by atoms with E-state index in [9.17, 15) is 0 Å². The molecule has 0 aliphatic carbocycles. The highest BCUT2D eigenvalue weighted by molar-refractivity contribution is 7.26. The Balaban J connectivity index is 1.52. The molecule has 2 heterocycles. The van der Waals surface area contributed by atoms with E-state index in [0.717, 1.165) is 5.69 Å². The Morgan fingerprint density at radius 3 is 2.14 bits per heavy atom. The molecule has 2 aromatic heterocycles. The Kier molecular flexibility index (Phi) is 5.63. The van der Waals surface area contributed by atoms with Gasteiger partial charge in [0.15, 0.2) is 0 Å². The van der Waals surface area contributed by atoms with Gasteiger partial charge >= 0.3 is 0 Å². The lowest BCUT2D eigenvalue weighted by Crippen LogP contribution is -2.37. The van der Waals surface area contributed by atoms with E-state index in [-0.39, 0.29) is 5.41 Å². The fourth-order valence-electron chi connectivity index (χ4n) is 5.35. The van der Waals surface area contributed by atoms with Crippen LogP contribution in [0.2, 0.25) is 19.6 Å². The predicted octanol–water partition coefficient (Wildman–Crippen LogP) is 9.78. The third-order valence-electron chi connectivity index (χ3n) is 7.41. The minimum absolute atomic E-state index is 0.0418. The second-order valence-corrected chi connectivity index (χ2v) is 18.3. The van der Waals surface area contributed by atoms with Crippen molar-refractivity contribution in [2.24, 2.45) is 0 Å². The molecule has 0 aliphatic heterocycles. The molecule has 0 bridgehead atoms. The minimum atomic E-state index is -1.30. The summed E-state index contributed by atoms with van der Waals surface area (Å²) in [7, 11) is -1.30. The summed E-state index contributed by atoms with van der Waals surface area (Å²) in [6.07, 6.45) is 1.97. The van der Waals surface area contributed by atoms with Crippen molar-refractivity contribution in [1.29, 1.82) is 0 Å². The van der Waals surface area contributed by atoms with E-state index in [1.807, 2.05) is 17.5 Å². The van der Waals surface area contributed by atoms with Crippen LogP contribution >= 0.6 is 11.3 Å². The van der Waals surface area contributed by atoms with Crippen LogP contribution in [-0.4, -0.2) is 13.1 Å². The number of rotatable bonds is 3. The maximum Gasteiger partial charge on any atom is 0.0795 e. The lowest BCUT2D eigenvalue weighted by molar-refractivity contribution is 0.596. The highest BCUT2D eigenvalue weighted by Gasteiger charge is 2.20. The van der Waals surface area contributed by atoms with Crippen LogP contribution in [0.3, 0.4) is 0 Å². The molecule has 0 amide bonds. The summed E-state index contributed by atoms with van der Waals surface area (Å²) in [4.78, 5) is 4.95. The summed E-state index contributed by atoms with van der Waals surface area (Å²) in [6.45, 7) is 14.1. The lowest BCUT2D eigenvalue weighted by atomic mass is 9.82. The topological polar surface area (TPSA) is 12.9 Å². The van der Waals surface area contributed by atoms with E-state index >= 15 is 0 Å². The van der Waals surface area contributed by atoms with Gasteiger partial charge in [0.2, 0.25) is 0 Å². The third-order valence-corrected chi connectivity index (χ3v) is 10.6. The Morgan fingerprint density at radius 2 is 1.41 bits per heavy atom. The van der Waals surface area contributed by atoms with Gasteiger partial charge in [0.05, 0.1) is 13.8 Å². The number of nitrogens with zero attached hydrogens (tertiary/aromatic N) is 1. The average Bonchev–Trinajstić information content (AvgIpc) is 3.25. The van der Waals surface area contributed by atoms with E-state index in [1.54, 1.807) is 0 Å². The summed E-state index contributed by atoms with van der Waals surface area (Å²) < 4.78 is 2.60. The fraction of sp³-hybridized carbons (Fsp3) is 0.206. The van der Waals surface area contributed by atoms with Gasteiger partial charge < -0.3 is 0 Å². The third kappa shape index (κ3) is 4.30. The van der Waals surface area contributed by atoms with Crippen LogP contribution in [0.5, 0.6) is 0 Å². The molecule has 0 atom stereocenters. The smallest absolute Gasteiger partial charge is 0.0795 e. The van der Waals surface area contributed by atoms with Gasteiger partial charge in [0, 0.05) is 31.9 Å². The standard InChI is InChI=1S/C34H33NSSi/c1-34(2,3)29-20-25(19-24-9-7-8-10-27(24)29)33-32-28-16-13-23(21-31(28)36-30(32)17-18-35-33)22-11-14-26(15-12-22)37(4,5)6/h7-21H,1-6H3. The zero-order chi connectivity index (χ0) is 25.9. The monoisotopic (exact) mass is 515 g/mol. The molecule has 0 N–H and O–H groups in total. The van der Waals surface area contributed by atoms with Crippen LogP contribution < -0.4 is 5.19 Å². The van der Waals surface area contributed by atoms with E-state index in [4.69, 9.17) is 4.98 Å². The predicted molar refractivity (Wildman–Crippen MR) is 167 cm³/mol. The first kappa shape index (κ1) is 24.1. The van der Waals surface area contributed by atoms with E-state index < -0.39 is 8.07 Å². The highest BCUT2D eigenvalue weighted by atomic mass is 32.1. The Hall–Kier alpha value is -3.27. The maximum absolute atomic E-state index is 4.95. The molecule has 0 radical (unpaired) electrons. The minimum Gasteiger partial charge on any atom is -0.256 e. The van der Waals surface area contributed by atoms with Gasteiger partial charge in [0.25, 0.3) is 0 Å². The van der Waals surface area contributed by atoms with Gasteiger partial charge in [-0.2, -0.15) is 0 Å². The molecular weight excluding hydrogens is 483 g/mol. The SMILES string of the molecule is CC(C)(C)c1cc(-c2nccc3sc4cc(-c5ccc([Si](C)(C)C)cc5)ccc4c23)cc2ccccc12. The van der Waals surface area contributed by atoms with Gasteiger partial charge in [-0.25, -0.2) is 0 Å². The molecule has 0 saturated carbocycles. The second-order valence-electron chi connectivity index (χ2n) is 12.2. The first-order valence-electron chi connectivity index (χ1n) is 13.1. The first-order chi connectivity index (χ1) is 17.6. The van der Waals surface area contributed by atoms with Gasteiger partial charge in [-0.3, -0.25) is 4.98 Å². The zero-order valence-corrected chi connectivity index (χ0v) is 24.3. The van der Waals surface area contributed by atoms with Gasteiger partial charge in [-0.05, 0) is 57.1 Å². The molecule has 0 spiro atoms. The quantitative estimate of drug-likeness (QED) is 0.214. The van der Waals surface area contributed by atoms with Crippen molar-refractivity contribution in [3.8, 4) is 22.4 Å². The van der Waals surface area contributed by atoms with Crippen LogP contribution in [0.4, 0.5) is 0 Å². The molecule has 6 aromatic rings. The van der Waals surface area contributed by atoms with Crippen molar-refractivity contribution in [1.82, 2.24) is 4.98 Å². The van der Waals surface area contributed by atoms with Crippen LogP contribution in [0.1, 0.15) is 26.3 Å². The van der Waals surface area contributed by atoms with E-state index in [0.29, 0.717) is 0 Å². The number of pyridine rings is 1. The molecule has 184 valence electrons. The highest BCUT2D eigenvalue weighted by Crippen LogP contribution is 2.42. The Labute approximate surface area is 224 Å². The molecule has 0 saturated heterocycles. The molecule has 3 heteroatoms. The zero-order valence-electron chi connectivity index (χ0n) is 22.5. The normalized spacial score (nSPS) is 12.6. The molecule has 0 unspecified atom stereocenters. The average molecular weight is 516 g/mol. The van der Waals surface area contributed by atoms with Crippen LogP contribution in [0.25, 0.3) is 53.3 Å². The van der Waals surface area contributed by atoms with Crippen LogP contribution in [0.15, 0.2) is 91.1 Å². The molecule has 0 aliphatic rings. The number of aromatic nitrogens is 1. The summed E-state index contributed by atoms with van der Waals surface area (Å²) >= 11 is 1.87. The molecule has 6 rings (SSSR count). The molecule has 1 nitrogen and oxygen atoms in total. The summed E-state index contributed by atoms with van der Waals surface area (Å²) in [5.41, 5.74) is 6.23. The van der Waals surface area contributed by atoms with Crippen molar-refractivity contribution in [3.63, 3.8) is 0 Å². The van der Waals surface area contributed by atoms with Crippen LogP contribution in [-0.2, 0) is 5.41 Å². The van der Waals surface area contributed by atoms with E-state index in [1.165, 1.54) is 58.4 Å². The van der Waals surface area contributed by atoms with Crippen molar-refractivity contribution < 1.29 is 0 Å². The molecular formula is C34H33NSSi. The Bertz CT molecular complexity index is 1780. The number of fused-ring (bicyclic) bond motifs is 4. The Morgan fingerprint density at radius 1 is 0.676 bits per heavy atom. The number of benzene rings is 4. The summed E-state index contributed by atoms with van der Waals surface area (Å²) in [6, 6.07) is 31.7. The maximum atomic E-state index is 4.95. The van der Waals surface area contributed by atoms with Crippen molar-refractivity contribution >= 4 is 55.5 Å². The number of thiophene rings is 1. The van der Waals surface area contributed by atoms with E-state index in [2.05, 4.69) is 125 Å². The second kappa shape index (κ2) is 8.65. The number of hydrogen-bond acceptors (Lipinski definition) is 2. The fourth-order valence-corrected chi connectivity index (χ4v) is 7.66. The molecule has 4 aromatic carbocycles. The largest absolute Gasteiger partial charge is 0.256 e. The lowest BCUT2D eigenvalue weighted by Gasteiger charge is -2.23. The summed E-state index contributed by atoms with van der Waals surface area (Å²) in [5, 5.41) is 6.65. The number of hydrogen-bond donors (Lipinski definition) is 0. The molecule has 37 heavy (non-hydrogen) atoms. The van der Waals surface area contributed by atoms with Gasteiger partial charge in [-0.15, -0.1) is 11.3 Å².